The molecule has 4 unspecified atom stereocenters. The first kappa shape index (κ1) is 29.8. The molecule has 0 saturated carbocycles. The van der Waals surface area contributed by atoms with Gasteiger partial charge in [-0.05, 0) is 29.6 Å². The molecule has 11 heteroatoms. The summed E-state index contributed by atoms with van der Waals surface area (Å²) >= 11 is 1.47. The summed E-state index contributed by atoms with van der Waals surface area (Å²) in [4.78, 5) is 50.5. The number of nitrogens with two attached hydrogens (primary N) is 1. The van der Waals surface area contributed by atoms with E-state index in [4.69, 9.17) is 5.73 Å². The summed E-state index contributed by atoms with van der Waals surface area (Å²) in [6.07, 6.45) is 2.30. The predicted octanol–water partition coefficient (Wildman–Crippen LogP) is 0.0835. The van der Waals surface area contributed by atoms with Gasteiger partial charge in [-0.2, -0.15) is 11.8 Å². The number of nitrogens with one attached hydrogen (secondary N) is 3. The fraction of sp³-hybridized carbons (Fsp3) is 0.385. The van der Waals surface area contributed by atoms with Gasteiger partial charge in [0, 0.05) is 12.8 Å². The van der Waals surface area contributed by atoms with Crippen molar-refractivity contribution < 1.29 is 29.4 Å². The van der Waals surface area contributed by atoms with E-state index in [0.29, 0.717) is 5.75 Å². The van der Waals surface area contributed by atoms with Crippen molar-refractivity contribution in [2.24, 2.45) is 5.73 Å². The lowest BCUT2D eigenvalue weighted by Crippen LogP contribution is -2.58. The molecule has 0 bridgehead atoms. The molecule has 4 atom stereocenters. The maximum atomic E-state index is 13.3. The first-order valence-electron chi connectivity index (χ1n) is 11.8. The molecule has 3 amide bonds. The van der Waals surface area contributed by atoms with Crippen molar-refractivity contribution in [2.45, 2.75) is 43.4 Å². The SMILES string of the molecule is CSCCC(NC(=O)C(Cc1ccccc1)NC(=O)C(N)CO)C(=O)NC(Cc1ccccc1)C(=O)O. The van der Waals surface area contributed by atoms with Crippen molar-refractivity contribution in [1.29, 1.82) is 0 Å². The van der Waals surface area contributed by atoms with Gasteiger partial charge in [0.1, 0.15) is 24.2 Å². The van der Waals surface area contributed by atoms with Gasteiger partial charge in [-0.3, -0.25) is 14.4 Å². The minimum atomic E-state index is -1.21. The van der Waals surface area contributed by atoms with Crippen LogP contribution in [-0.2, 0) is 32.0 Å². The van der Waals surface area contributed by atoms with Gasteiger partial charge >= 0.3 is 5.97 Å². The van der Waals surface area contributed by atoms with Crippen LogP contribution in [0.2, 0.25) is 0 Å². The lowest BCUT2D eigenvalue weighted by Gasteiger charge is -2.25. The minimum absolute atomic E-state index is 0.0802. The Balaban J connectivity index is 2.18. The van der Waals surface area contributed by atoms with Crippen LogP contribution in [0.4, 0.5) is 0 Å². The average Bonchev–Trinajstić information content (AvgIpc) is 2.90. The number of carbonyl (C=O) groups is 4. The highest BCUT2D eigenvalue weighted by molar-refractivity contribution is 7.98. The fourth-order valence-electron chi connectivity index (χ4n) is 3.52. The Kier molecular flexibility index (Phi) is 12.6. The van der Waals surface area contributed by atoms with Gasteiger partial charge in [-0.1, -0.05) is 60.7 Å². The van der Waals surface area contributed by atoms with Crippen LogP contribution >= 0.6 is 11.8 Å². The molecule has 0 heterocycles. The minimum Gasteiger partial charge on any atom is -0.480 e. The molecular weight excluding hydrogens is 496 g/mol. The van der Waals surface area contributed by atoms with E-state index in [9.17, 15) is 29.4 Å². The van der Waals surface area contributed by atoms with Crippen LogP contribution in [-0.4, -0.2) is 76.7 Å². The number of aliphatic hydroxyl groups excluding tert-OH is 1. The average molecular weight is 531 g/mol. The first-order chi connectivity index (χ1) is 17.7. The van der Waals surface area contributed by atoms with E-state index < -0.39 is 54.5 Å². The summed E-state index contributed by atoms with van der Waals surface area (Å²) in [6, 6.07) is 13.4. The molecule has 0 radical (unpaired) electrons. The van der Waals surface area contributed by atoms with Crippen LogP contribution in [0.15, 0.2) is 60.7 Å². The number of hydrogen-bond acceptors (Lipinski definition) is 7. The van der Waals surface area contributed by atoms with Gasteiger partial charge in [-0.25, -0.2) is 4.79 Å². The normalized spacial score (nSPS) is 14.0. The number of aliphatic hydroxyl groups is 1. The Bertz CT molecular complexity index is 1020. The van der Waals surface area contributed by atoms with Crippen molar-refractivity contribution >= 4 is 35.5 Å². The van der Waals surface area contributed by atoms with Gasteiger partial charge < -0.3 is 31.9 Å². The standard InChI is InChI=1S/C26H34N4O6S/c1-37-13-12-20(24(33)30-22(26(35)36)15-18-10-6-3-7-11-18)28-25(34)21(29-23(32)19(27)16-31)14-17-8-4-2-5-9-17/h2-11,19-22,31H,12-16,27H2,1H3,(H,28,34)(H,29,32)(H,30,33)(H,35,36). The number of thioether (sulfide) groups is 1. The molecule has 2 aromatic carbocycles. The number of carboxylic acid groups (broad SMARTS) is 1. The predicted molar refractivity (Wildman–Crippen MR) is 142 cm³/mol. The number of benzene rings is 2. The van der Waals surface area contributed by atoms with Crippen LogP contribution < -0.4 is 21.7 Å². The molecule has 37 heavy (non-hydrogen) atoms. The van der Waals surface area contributed by atoms with Gasteiger partial charge in [0.25, 0.3) is 0 Å². The number of amides is 3. The third-order valence-corrected chi connectivity index (χ3v) is 6.23. The zero-order valence-electron chi connectivity index (χ0n) is 20.6. The van der Waals surface area contributed by atoms with E-state index in [0.717, 1.165) is 11.1 Å². The molecule has 0 aromatic heterocycles. The van der Waals surface area contributed by atoms with Gasteiger partial charge in [-0.15, -0.1) is 0 Å². The second-order valence-corrected chi connectivity index (χ2v) is 9.46. The third kappa shape index (κ3) is 10.2. The molecule has 0 fully saturated rings. The molecular formula is C26H34N4O6S. The summed E-state index contributed by atoms with van der Waals surface area (Å²) in [5, 5.41) is 26.6. The molecule has 200 valence electrons. The zero-order valence-corrected chi connectivity index (χ0v) is 21.4. The molecule has 7 N–H and O–H groups in total. The topological polar surface area (TPSA) is 171 Å². The maximum Gasteiger partial charge on any atom is 0.326 e. The molecule has 2 aromatic rings. The summed E-state index contributed by atoms with van der Waals surface area (Å²) in [5.41, 5.74) is 7.11. The molecule has 0 saturated heterocycles. The molecule has 0 spiro atoms. The molecule has 2 rings (SSSR count). The van der Waals surface area contributed by atoms with E-state index in [1.54, 1.807) is 48.5 Å². The van der Waals surface area contributed by atoms with Crippen molar-refractivity contribution in [3.8, 4) is 0 Å². The lowest BCUT2D eigenvalue weighted by molar-refractivity contribution is -0.142. The highest BCUT2D eigenvalue weighted by Crippen LogP contribution is 2.08. The summed E-state index contributed by atoms with van der Waals surface area (Å²) in [7, 11) is 0. The second-order valence-electron chi connectivity index (χ2n) is 8.47. The van der Waals surface area contributed by atoms with Crippen molar-refractivity contribution in [3.05, 3.63) is 71.8 Å². The highest BCUT2D eigenvalue weighted by atomic mass is 32.2. The monoisotopic (exact) mass is 530 g/mol. The number of carbonyl (C=O) groups excluding carboxylic acids is 3. The number of rotatable bonds is 15. The Labute approximate surface area is 220 Å². The quantitative estimate of drug-likeness (QED) is 0.188. The molecule has 0 aliphatic rings. The fourth-order valence-corrected chi connectivity index (χ4v) is 3.99. The lowest BCUT2D eigenvalue weighted by atomic mass is 10.0. The van der Waals surface area contributed by atoms with Crippen LogP contribution in [0.5, 0.6) is 0 Å². The van der Waals surface area contributed by atoms with Gasteiger partial charge in [0.05, 0.1) is 6.61 Å². The number of carboxylic acids is 1. The van der Waals surface area contributed by atoms with Crippen molar-refractivity contribution in [1.82, 2.24) is 16.0 Å². The Morgan fingerprint density at radius 3 is 1.73 bits per heavy atom. The Hall–Kier alpha value is -3.41. The largest absolute Gasteiger partial charge is 0.480 e. The van der Waals surface area contributed by atoms with E-state index >= 15 is 0 Å². The van der Waals surface area contributed by atoms with Crippen LogP contribution in [0.25, 0.3) is 0 Å². The Morgan fingerprint density at radius 2 is 1.24 bits per heavy atom. The molecule has 10 nitrogen and oxygen atoms in total. The first-order valence-corrected chi connectivity index (χ1v) is 13.2. The van der Waals surface area contributed by atoms with Crippen molar-refractivity contribution in [2.75, 3.05) is 18.6 Å². The van der Waals surface area contributed by atoms with Crippen molar-refractivity contribution in [3.63, 3.8) is 0 Å². The van der Waals surface area contributed by atoms with E-state index in [1.807, 2.05) is 18.4 Å². The van der Waals surface area contributed by atoms with E-state index in [1.165, 1.54) is 11.8 Å². The molecule has 0 aliphatic carbocycles. The zero-order chi connectivity index (χ0) is 27.2. The summed E-state index contributed by atoms with van der Waals surface area (Å²) in [5.74, 6) is -2.64. The van der Waals surface area contributed by atoms with E-state index in [2.05, 4.69) is 16.0 Å². The highest BCUT2D eigenvalue weighted by Gasteiger charge is 2.30. The van der Waals surface area contributed by atoms with Crippen LogP contribution in [0.1, 0.15) is 17.5 Å². The van der Waals surface area contributed by atoms with E-state index in [-0.39, 0.29) is 19.3 Å². The molecule has 0 aliphatic heterocycles. The smallest absolute Gasteiger partial charge is 0.326 e. The van der Waals surface area contributed by atoms with Crippen LogP contribution in [0.3, 0.4) is 0 Å². The second kappa shape index (κ2) is 15.6. The maximum absolute atomic E-state index is 13.3. The van der Waals surface area contributed by atoms with Gasteiger partial charge in [0.2, 0.25) is 17.7 Å². The van der Waals surface area contributed by atoms with Gasteiger partial charge in [0.15, 0.2) is 0 Å². The Morgan fingerprint density at radius 1 is 0.784 bits per heavy atom. The number of aliphatic carboxylic acids is 1. The number of hydrogen-bond donors (Lipinski definition) is 6. The van der Waals surface area contributed by atoms with Crippen LogP contribution in [0, 0.1) is 0 Å². The third-order valence-electron chi connectivity index (χ3n) is 5.59. The summed E-state index contributed by atoms with van der Waals surface area (Å²) in [6.45, 7) is -0.595. The summed E-state index contributed by atoms with van der Waals surface area (Å²) < 4.78 is 0.